The first-order chi connectivity index (χ1) is 7.16. The molecule has 1 aromatic rings. The van der Waals surface area contributed by atoms with E-state index in [4.69, 9.17) is 0 Å². The maximum atomic E-state index is 13.3. The molecule has 1 nitrogen and oxygen atoms in total. The van der Waals surface area contributed by atoms with Crippen LogP contribution in [0.3, 0.4) is 0 Å². The third kappa shape index (κ3) is 2.28. The van der Waals surface area contributed by atoms with Gasteiger partial charge in [0, 0.05) is 6.04 Å². The van der Waals surface area contributed by atoms with Crippen LogP contribution in [0.15, 0.2) is 18.2 Å². The summed E-state index contributed by atoms with van der Waals surface area (Å²) in [6.07, 6.45) is 3.36. The first kappa shape index (κ1) is 10.4. The molecule has 0 amide bonds. The molecule has 0 aliphatic heterocycles. The molecule has 1 aromatic carbocycles. The summed E-state index contributed by atoms with van der Waals surface area (Å²) < 4.78 is 26.2. The van der Waals surface area contributed by atoms with Crippen LogP contribution in [-0.2, 0) is 0 Å². The summed E-state index contributed by atoms with van der Waals surface area (Å²) in [5.74, 6) is -0.243. The summed E-state index contributed by atoms with van der Waals surface area (Å²) in [4.78, 5) is 0. The molecule has 82 valence electrons. The molecule has 0 bridgehead atoms. The van der Waals surface area contributed by atoms with Crippen molar-refractivity contribution in [3.63, 3.8) is 0 Å². The van der Waals surface area contributed by atoms with Gasteiger partial charge in [-0.15, -0.1) is 0 Å². The molecule has 2 rings (SSSR count). The zero-order valence-electron chi connectivity index (χ0n) is 8.76. The lowest BCUT2D eigenvalue weighted by Crippen LogP contribution is -2.22. The Labute approximate surface area is 88.5 Å². The molecule has 15 heavy (non-hydrogen) atoms. The van der Waals surface area contributed by atoms with Crippen molar-refractivity contribution in [1.82, 2.24) is 0 Å². The van der Waals surface area contributed by atoms with Crippen molar-refractivity contribution in [1.29, 1.82) is 0 Å². The van der Waals surface area contributed by atoms with Crippen LogP contribution in [0, 0.1) is 17.6 Å². The lowest BCUT2D eigenvalue weighted by Gasteiger charge is -2.19. The maximum absolute atomic E-state index is 13.3. The van der Waals surface area contributed by atoms with Gasteiger partial charge in [0.15, 0.2) is 0 Å². The van der Waals surface area contributed by atoms with Crippen LogP contribution >= 0.6 is 0 Å². The molecular formula is C12H15F2N. The Balaban J connectivity index is 2.12. The second-order valence-electron chi connectivity index (χ2n) is 4.28. The van der Waals surface area contributed by atoms with Crippen molar-refractivity contribution in [2.24, 2.45) is 5.92 Å². The average Bonchev–Trinajstić information content (AvgIpc) is 2.58. The molecule has 1 aliphatic carbocycles. The quantitative estimate of drug-likeness (QED) is 0.788. The highest BCUT2D eigenvalue weighted by atomic mass is 19.1. The van der Waals surface area contributed by atoms with Gasteiger partial charge >= 0.3 is 0 Å². The topological polar surface area (TPSA) is 12.0 Å². The van der Waals surface area contributed by atoms with Crippen molar-refractivity contribution in [3.05, 3.63) is 29.8 Å². The molecule has 0 heterocycles. The zero-order chi connectivity index (χ0) is 10.8. The standard InChI is InChI=1S/C12H15F2N/c1-8-3-2-4-11(8)15-12-7-9(13)5-6-10(12)14/h5-8,11,15H,2-4H2,1H3/t8-,11-/m1/s1. The van der Waals surface area contributed by atoms with E-state index in [9.17, 15) is 8.78 Å². The fourth-order valence-electron chi connectivity index (χ4n) is 2.17. The zero-order valence-corrected chi connectivity index (χ0v) is 8.76. The second-order valence-corrected chi connectivity index (χ2v) is 4.28. The molecule has 0 unspecified atom stereocenters. The highest BCUT2D eigenvalue weighted by molar-refractivity contribution is 5.46. The third-order valence-electron chi connectivity index (χ3n) is 3.13. The van der Waals surface area contributed by atoms with Crippen molar-refractivity contribution in [3.8, 4) is 0 Å². The minimum atomic E-state index is -0.399. The predicted molar refractivity (Wildman–Crippen MR) is 56.8 cm³/mol. The molecule has 0 radical (unpaired) electrons. The Kier molecular flexibility index (Phi) is 2.89. The van der Waals surface area contributed by atoms with E-state index < -0.39 is 5.82 Å². The summed E-state index contributed by atoms with van der Waals surface area (Å²) >= 11 is 0. The minimum Gasteiger partial charge on any atom is -0.380 e. The highest BCUT2D eigenvalue weighted by Gasteiger charge is 2.23. The van der Waals surface area contributed by atoms with E-state index in [1.165, 1.54) is 6.07 Å². The molecule has 1 saturated carbocycles. The Morgan fingerprint density at radius 2 is 2.07 bits per heavy atom. The molecule has 0 aromatic heterocycles. The van der Waals surface area contributed by atoms with Gasteiger partial charge in [0.05, 0.1) is 5.69 Å². The number of halogens is 2. The highest BCUT2D eigenvalue weighted by Crippen LogP contribution is 2.28. The normalized spacial score (nSPS) is 25.5. The van der Waals surface area contributed by atoms with E-state index in [-0.39, 0.29) is 17.5 Å². The van der Waals surface area contributed by atoms with E-state index in [0.29, 0.717) is 5.92 Å². The van der Waals surface area contributed by atoms with Gasteiger partial charge in [0.1, 0.15) is 11.6 Å². The van der Waals surface area contributed by atoms with E-state index in [1.807, 2.05) is 0 Å². The number of anilines is 1. The fourth-order valence-corrected chi connectivity index (χ4v) is 2.17. The molecule has 1 fully saturated rings. The smallest absolute Gasteiger partial charge is 0.146 e. The molecule has 1 N–H and O–H groups in total. The van der Waals surface area contributed by atoms with Crippen LogP contribution < -0.4 is 5.32 Å². The van der Waals surface area contributed by atoms with Crippen LogP contribution in [0.5, 0.6) is 0 Å². The summed E-state index contributed by atoms with van der Waals surface area (Å²) in [6.45, 7) is 2.14. The van der Waals surface area contributed by atoms with Crippen LogP contribution in [0.25, 0.3) is 0 Å². The second kappa shape index (κ2) is 4.17. The van der Waals surface area contributed by atoms with E-state index in [0.717, 1.165) is 31.4 Å². The number of hydrogen-bond donors (Lipinski definition) is 1. The van der Waals surface area contributed by atoms with Crippen molar-refractivity contribution < 1.29 is 8.78 Å². The van der Waals surface area contributed by atoms with Gasteiger partial charge in [0.25, 0.3) is 0 Å². The first-order valence-electron chi connectivity index (χ1n) is 5.38. The van der Waals surface area contributed by atoms with Crippen LogP contribution in [-0.4, -0.2) is 6.04 Å². The number of nitrogens with one attached hydrogen (secondary N) is 1. The Morgan fingerprint density at radius 3 is 2.73 bits per heavy atom. The van der Waals surface area contributed by atoms with Gasteiger partial charge in [-0.2, -0.15) is 0 Å². The molecule has 1 aliphatic rings. The Bertz CT molecular complexity index is 351. The fraction of sp³-hybridized carbons (Fsp3) is 0.500. The summed E-state index contributed by atoms with van der Waals surface area (Å²) in [5.41, 5.74) is 0.286. The van der Waals surface area contributed by atoms with Gasteiger partial charge in [-0.05, 0) is 37.0 Å². The van der Waals surface area contributed by atoms with E-state index >= 15 is 0 Å². The largest absolute Gasteiger partial charge is 0.380 e. The molecule has 2 atom stereocenters. The molecule has 0 spiro atoms. The van der Waals surface area contributed by atoms with Gasteiger partial charge in [0.2, 0.25) is 0 Å². The lowest BCUT2D eigenvalue weighted by molar-refractivity contribution is 0.547. The van der Waals surface area contributed by atoms with Gasteiger partial charge in [-0.3, -0.25) is 0 Å². The number of benzene rings is 1. The van der Waals surface area contributed by atoms with Crippen LogP contribution in [0.4, 0.5) is 14.5 Å². The maximum Gasteiger partial charge on any atom is 0.146 e. The van der Waals surface area contributed by atoms with Gasteiger partial charge in [-0.25, -0.2) is 8.78 Å². The molecular weight excluding hydrogens is 196 g/mol. The van der Waals surface area contributed by atoms with Gasteiger partial charge in [-0.1, -0.05) is 13.3 Å². The summed E-state index contributed by atoms with van der Waals surface area (Å²) in [5, 5.41) is 3.08. The third-order valence-corrected chi connectivity index (χ3v) is 3.13. The summed E-state index contributed by atoms with van der Waals surface area (Å²) in [6, 6.07) is 3.80. The van der Waals surface area contributed by atoms with E-state index in [2.05, 4.69) is 12.2 Å². The SMILES string of the molecule is C[C@@H]1CCC[C@H]1Nc1cc(F)ccc1F. The Hall–Kier alpha value is -1.12. The van der Waals surface area contributed by atoms with Crippen molar-refractivity contribution in [2.45, 2.75) is 32.2 Å². The van der Waals surface area contributed by atoms with E-state index in [1.54, 1.807) is 0 Å². The average molecular weight is 211 g/mol. The monoisotopic (exact) mass is 211 g/mol. The van der Waals surface area contributed by atoms with Crippen molar-refractivity contribution >= 4 is 5.69 Å². The predicted octanol–water partition coefficient (Wildman–Crippen LogP) is 3.57. The van der Waals surface area contributed by atoms with Crippen LogP contribution in [0.2, 0.25) is 0 Å². The molecule has 3 heteroatoms. The Morgan fingerprint density at radius 1 is 1.27 bits per heavy atom. The number of rotatable bonds is 2. The molecule has 0 saturated heterocycles. The van der Waals surface area contributed by atoms with Crippen molar-refractivity contribution in [2.75, 3.05) is 5.32 Å². The first-order valence-corrected chi connectivity index (χ1v) is 5.38. The van der Waals surface area contributed by atoms with Crippen LogP contribution in [0.1, 0.15) is 26.2 Å². The lowest BCUT2D eigenvalue weighted by atomic mass is 10.1. The number of hydrogen-bond acceptors (Lipinski definition) is 1. The minimum absolute atomic E-state index is 0.279. The van der Waals surface area contributed by atoms with Gasteiger partial charge < -0.3 is 5.32 Å². The summed E-state index contributed by atoms with van der Waals surface area (Å²) in [7, 11) is 0.